The molecule has 24 heavy (non-hydrogen) atoms. The number of carboxylic acids is 1. The van der Waals surface area contributed by atoms with E-state index in [-0.39, 0.29) is 29.2 Å². The molecule has 8 heteroatoms. The lowest BCUT2D eigenvalue weighted by atomic mass is 9.86. The van der Waals surface area contributed by atoms with Crippen molar-refractivity contribution in [3.05, 3.63) is 41.1 Å². The number of fused-ring (bicyclic) bond motifs is 1. The number of carbonyl (C=O) groups excluding carboxylic acids is 2. The normalized spacial score (nSPS) is 22.5. The predicted octanol–water partition coefficient (Wildman–Crippen LogP) is 1.12. The summed E-state index contributed by atoms with van der Waals surface area (Å²) in [6.45, 7) is 0.0307. The quantitative estimate of drug-likeness (QED) is 0.692. The van der Waals surface area contributed by atoms with Crippen LogP contribution in [0.4, 0.5) is 5.69 Å². The van der Waals surface area contributed by atoms with Crippen molar-refractivity contribution in [3.63, 3.8) is 0 Å². The zero-order chi connectivity index (χ0) is 17.3. The first-order valence-electron chi connectivity index (χ1n) is 7.52. The molecule has 0 spiro atoms. The predicted molar refractivity (Wildman–Crippen MR) is 87.2 cm³/mol. The summed E-state index contributed by atoms with van der Waals surface area (Å²) in [5, 5.41) is 15.0. The van der Waals surface area contributed by atoms with Crippen molar-refractivity contribution in [3.8, 4) is 0 Å². The number of carboxylic acid groups (broad SMARTS) is 1. The number of hydrogen-bond donors (Lipinski definition) is 3. The molecule has 3 rings (SSSR count). The van der Waals surface area contributed by atoms with E-state index in [9.17, 15) is 19.5 Å². The van der Waals surface area contributed by atoms with E-state index >= 15 is 0 Å². The van der Waals surface area contributed by atoms with Crippen LogP contribution in [0.2, 0.25) is 0 Å². The molecular formula is C16H16ClN3O4. The number of β-lactam (4-membered cyclic amide) rings is 1. The molecule has 2 amide bonds. The van der Waals surface area contributed by atoms with Crippen LogP contribution in [0.25, 0.3) is 0 Å². The van der Waals surface area contributed by atoms with Gasteiger partial charge in [-0.1, -0.05) is 29.8 Å². The van der Waals surface area contributed by atoms with Gasteiger partial charge < -0.3 is 15.7 Å². The third kappa shape index (κ3) is 2.94. The maximum Gasteiger partial charge on any atom is 0.353 e. The fourth-order valence-electron chi connectivity index (χ4n) is 2.98. The second kappa shape index (κ2) is 6.52. The minimum atomic E-state index is -1.23. The molecule has 1 aromatic carbocycles. The number of para-hydroxylation sites is 1. The fraction of sp³-hybridized carbons (Fsp3) is 0.312. The Morgan fingerprint density at radius 3 is 2.67 bits per heavy atom. The van der Waals surface area contributed by atoms with Crippen molar-refractivity contribution < 1.29 is 19.5 Å². The maximum atomic E-state index is 12.2. The molecule has 0 bridgehead atoms. The summed E-state index contributed by atoms with van der Waals surface area (Å²) in [5.74, 6) is -1.99. The van der Waals surface area contributed by atoms with Crippen LogP contribution in [-0.4, -0.2) is 46.4 Å². The molecule has 2 heterocycles. The number of amides is 2. The molecule has 1 saturated heterocycles. The third-order valence-electron chi connectivity index (χ3n) is 4.12. The van der Waals surface area contributed by atoms with Crippen molar-refractivity contribution in [2.45, 2.75) is 24.9 Å². The van der Waals surface area contributed by atoms with E-state index < -0.39 is 17.9 Å². The minimum Gasteiger partial charge on any atom is -0.477 e. The van der Waals surface area contributed by atoms with Crippen LogP contribution in [0, 0.1) is 0 Å². The Labute approximate surface area is 143 Å². The van der Waals surface area contributed by atoms with Crippen LogP contribution in [-0.2, 0) is 14.4 Å². The SMILES string of the molecule is O=C(CNc1ccccc1)N[C@H]1C(=O)N2C(C(=O)O)=C(Cl)CC[C@H]12. The van der Waals surface area contributed by atoms with Gasteiger partial charge in [0.1, 0.15) is 11.7 Å². The van der Waals surface area contributed by atoms with Crippen molar-refractivity contribution in [1.29, 1.82) is 0 Å². The molecule has 2 aliphatic heterocycles. The molecule has 0 unspecified atom stereocenters. The Hall–Kier alpha value is -2.54. The monoisotopic (exact) mass is 349 g/mol. The van der Waals surface area contributed by atoms with Crippen LogP contribution in [0.5, 0.6) is 0 Å². The Balaban J connectivity index is 1.59. The van der Waals surface area contributed by atoms with E-state index in [0.717, 1.165) is 5.69 Å². The summed E-state index contributed by atoms with van der Waals surface area (Å²) >= 11 is 5.92. The lowest BCUT2D eigenvalue weighted by molar-refractivity contribution is -0.155. The van der Waals surface area contributed by atoms with Gasteiger partial charge in [-0.15, -0.1) is 0 Å². The van der Waals surface area contributed by atoms with Crippen LogP contribution in [0.3, 0.4) is 0 Å². The zero-order valence-corrected chi connectivity index (χ0v) is 13.4. The summed E-state index contributed by atoms with van der Waals surface area (Å²) in [6.07, 6.45) is 0.907. The van der Waals surface area contributed by atoms with Crippen LogP contribution in [0.1, 0.15) is 12.8 Å². The van der Waals surface area contributed by atoms with Crippen molar-refractivity contribution in [2.75, 3.05) is 11.9 Å². The number of anilines is 1. The summed E-state index contributed by atoms with van der Waals surface area (Å²) in [5.41, 5.74) is 0.626. The number of nitrogens with one attached hydrogen (secondary N) is 2. The Bertz CT molecular complexity index is 719. The van der Waals surface area contributed by atoms with Crippen LogP contribution < -0.4 is 10.6 Å². The highest BCUT2D eigenvalue weighted by Crippen LogP contribution is 2.37. The minimum absolute atomic E-state index is 0.0307. The second-order valence-electron chi connectivity index (χ2n) is 5.64. The van der Waals surface area contributed by atoms with Gasteiger partial charge >= 0.3 is 5.97 Å². The molecule has 0 radical (unpaired) electrons. The Morgan fingerprint density at radius 1 is 1.29 bits per heavy atom. The average Bonchev–Trinajstić information content (AvgIpc) is 2.58. The van der Waals surface area contributed by atoms with E-state index in [1.54, 1.807) is 0 Å². The van der Waals surface area contributed by atoms with E-state index in [0.29, 0.717) is 12.8 Å². The first kappa shape index (κ1) is 16.3. The van der Waals surface area contributed by atoms with Crippen LogP contribution in [0.15, 0.2) is 41.1 Å². The fourth-order valence-corrected chi connectivity index (χ4v) is 3.26. The van der Waals surface area contributed by atoms with Crippen molar-refractivity contribution >= 4 is 35.1 Å². The first-order valence-corrected chi connectivity index (χ1v) is 7.90. The molecule has 1 aromatic rings. The van der Waals surface area contributed by atoms with E-state index in [2.05, 4.69) is 10.6 Å². The number of aliphatic carboxylic acids is 1. The smallest absolute Gasteiger partial charge is 0.353 e. The van der Waals surface area contributed by atoms with Gasteiger partial charge in [0.05, 0.1) is 12.6 Å². The molecule has 2 aliphatic rings. The number of allylic oxidation sites excluding steroid dienone is 1. The van der Waals surface area contributed by atoms with Crippen LogP contribution >= 0.6 is 11.6 Å². The van der Waals surface area contributed by atoms with Crippen molar-refractivity contribution in [2.24, 2.45) is 0 Å². The molecule has 0 aromatic heterocycles. The molecule has 3 N–H and O–H groups in total. The number of benzene rings is 1. The van der Waals surface area contributed by atoms with Gasteiger partial charge in [-0.3, -0.25) is 14.5 Å². The molecule has 7 nitrogen and oxygen atoms in total. The highest BCUT2D eigenvalue weighted by atomic mass is 35.5. The summed E-state index contributed by atoms with van der Waals surface area (Å²) in [6, 6.07) is 8.17. The lowest BCUT2D eigenvalue weighted by Gasteiger charge is -2.49. The molecule has 0 saturated carbocycles. The number of halogens is 1. The summed E-state index contributed by atoms with van der Waals surface area (Å²) in [4.78, 5) is 36.6. The van der Waals surface area contributed by atoms with Gasteiger partial charge in [0, 0.05) is 10.7 Å². The number of nitrogens with zero attached hydrogens (tertiary/aromatic N) is 1. The third-order valence-corrected chi connectivity index (χ3v) is 4.49. The van der Waals surface area contributed by atoms with Gasteiger partial charge in [-0.2, -0.15) is 0 Å². The van der Waals surface area contributed by atoms with Crippen molar-refractivity contribution in [1.82, 2.24) is 10.2 Å². The van der Waals surface area contributed by atoms with Gasteiger partial charge in [0.25, 0.3) is 5.91 Å². The maximum absolute atomic E-state index is 12.2. The van der Waals surface area contributed by atoms with Gasteiger partial charge in [0.15, 0.2) is 0 Å². The van der Waals surface area contributed by atoms with E-state index in [1.807, 2.05) is 30.3 Å². The zero-order valence-electron chi connectivity index (χ0n) is 12.7. The average molecular weight is 350 g/mol. The molecule has 1 fully saturated rings. The van der Waals surface area contributed by atoms with E-state index in [1.165, 1.54) is 4.90 Å². The summed E-state index contributed by atoms with van der Waals surface area (Å²) in [7, 11) is 0. The Kier molecular flexibility index (Phi) is 4.44. The van der Waals surface area contributed by atoms with Gasteiger partial charge in [-0.05, 0) is 25.0 Å². The first-order chi connectivity index (χ1) is 11.5. The number of hydrogen-bond acceptors (Lipinski definition) is 4. The summed E-state index contributed by atoms with van der Waals surface area (Å²) < 4.78 is 0. The number of carbonyl (C=O) groups is 3. The van der Waals surface area contributed by atoms with E-state index in [4.69, 9.17) is 11.6 Å². The molecule has 126 valence electrons. The number of rotatable bonds is 5. The molecular weight excluding hydrogens is 334 g/mol. The Morgan fingerprint density at radius 2 is 2.00 bits per heavy atom. The second-order valence-corrected chi connectivity index (χ2v) is 6.09. The standard InChI is InChI=1S/C16H16ClN3O4/c17-10-6-7-11-13(15(22)20(11)14(10)16(23)24)19-12(21)8-18-9-4-2-1-3-5-9/h1-5,11,13,18H,6-8H2,(H,19,21)(H,23,24)/t11-,13-/m1/s1. The molecule has 2 atom stereocenters. The highest BCUT2D eigenvalue weighted by Gasteiger charge is 2.53. The molecule has 0 aliphatic carbocycles. The largest absolute Gasteiger partial charge is 0.477 e. The topological polar surface area (TPSA) is 98.7 Å². The van der Waals surface area contributed by atoms with Gasteiger partial charge in [-0.25, -0.2) is 4.79 Å². The lowest BCUT2D eigenvalue weighted by Crippen LogP contribution is -2.71. The van der Waals surface area contributed by atoms with Gasteiger partial charge in [0.2, 0.25) is 5.91 Å². The highest BCUT2D eigenvalue weighted by molar-refractivity contribution is 6.32.